The maximum absolute atomic E-state index is 15.8. The number of nitrogens with one attached hydrogen (secondary N) is 1. The Kier molecular flexibility index (Phi) is 11.3. The van der Waals surface area contributed by atoms with Crippen molar-refractivity contribution in [3.63, 3.8) is 0 Å². The van der Waals surface area contributed by atoms with Crippen LogP contribution in [0.5, 0.6) is 0 Å². The summed E-state index contributed by atoms with van der Waals surface area (Å²) >= 11 is 6.87. The van der Waals surface area contributed by atoms with Crippen molar-refractivity contribution in [2.45, 2.75) is 134 Å². The van der Waals surface area contributed by atoms with E-state index < -0.39 is 45.2 Å². The van der Waals surface area contributed by atoms with Crippen molar-refractivity contribution in [3.05, 3.63) is 35.1 Å². The van der Waals surface area contributed by atoms with Gasteiger partial charge in [-0.1, -0.05) is 56.9 Å². The fraction of sp³-hybridized carbons (Fsp3) is 0.632. The van der Waals surface area contributed by atoms with Crippen LogP contribution in [0, 0.1) is 0 Å². The number of hydrogen-bond acceptors (Lipinski definition) is 8. The molecule has 2 amide bonds. The van der Waals surface area contributed by atoms with Gasteiger partial charge >= 0.3 is 17.9 Å². The fourth-order valence-corrected chi connectivity index (χ4v) is 9.38. The maximum Gasteiger partial charge on any atom is 0.407 e. The van der Waals surface area contributed by atoms with E-state index in [1.165, 1.54) is 6.07 Å². The average Bonchev–Trinajstić information content (AvgIpc) is 3.60. The number of halogens is 3. The zero-order valence-corrected chi connectivity index (χ0v) is 35.8. The molecule has 3 aliphatic rings. The summed E-state index contributed by atoms with van der Waals surface area (Å²) < 4.78 is 50.8. The van der Waals surface area contributed by atoms with Gasteiger partial charge in [0.1, 0.15) is 30.4 Å². The zero-order valence-electron chi connectivity index (χ0n) is 33.0. The van der Waals surface area contributed by atoms with Crippen LogP contribution >= 0.6 is 11.6 Å². The van der Waals surface area contributed by atoms with Gasteiger partial charge < -0.3 is 29.0 Å². The molecular formula is C38H55ClF2N6O5Si2. The van der Waals surface area contributed by atoms with Crippen molar-refractivity contribution < 1.29 is 32.6 Å². The van der Waals surface area contributed by atoms with Gasteiger partial charge in [-0.05, 0) is 64.6 Å². The minimum atomic E-state index is -3.83. The van der Waals surface area contributed by atoms with E-state index >= 15 is 8.78 Å². The number of hydrogen-bond donors (Lipinski definition) is 1. The summed E-state index contributed by atoms with van der Waals surface area (Å²) in [7, 11) is -2.77. The van der Waals surface area contributed by atoms with Crippen LogP contribution in [-0.2, 0) is 31.7 Å². The summed E-state index contributed by atoms with van der Waals surface area (Å²) in [5.41, 5.74) is 0.803. The van der Waals surface area contributed by atoms with Gasteiger partial charge in [0, 0.05) is 64.8 Å². The molecule has 2 bridgehead atoms. The molecule has 296 valence electrons. The van der Waals surface area contributed by atoms with Crippen molar-refractivity contribution in [3.8, 4) is 11.1 Å². The fourth-order valence-electron chi connectivity index (χ4n) is 7.49. The molecular weight excluding hydrogens is 750 g/mol. The second kappa shape index (κ2) is 15.1. The van der Waals surface area contributed by atoms with Gasteiger partial charge in [0.15, 0.2) is 5.65 Å². The summed E-state index contributed by atoms with van der Waals surface area (Å²) in [5, 5.41) is 2.85. The molecule has 16 heteroatoms. The predicted octanol–water partition coefficient (Wildman–Crippen LogP) is 8.84. The van der Waals surface area contributed by atoms with E-state index in [4.69, 9.17) is 35.8 Å². The van der Waals surface area contributed by atoms with Crippen LogP contribution in [0.15, 0.2) is 24.5 Å². The maximum atomic E-state index is 15.8. The Morgan fingerprint density at radius 2 is 1.59 bits per heavy atom. The summed E-state index contributed by atoms with van der Waals surface area (Å²) in [6.07, 6.45) is 6.54. The SMILES string of the molecule is CC(C)(C)OC(=O)N[C@@H]1CC2CC[C@H](C1)N2c1cnc2c(-c3ccc4c(c3Cl)C(F)(F)C(=O)N4COCC[Si](C)(C)C)cn(COCC[Si](C)(C)C)c2n1. The third-order valence-electron chi connectivity index (χ3n) is 10.2. The highest BCUT2D eigenvalue weighted by molar-refractivity contribution is 6.76. The Morgan fingerprint density at radius 3 is 2.19 bits per heavy atom. The van der Waals surface area contributed by atoms with E-state index in [1.807, 2.05) is 25.3 Å². The van der Waals surface area contributed by atoms with Crippen molar-refractivity contribution in [1.29, 1.82) is 0 Å². The molecule has 3 atom stereocenters. The third-order valence-corrected chi connectivity index (χ3v) is 14.0. The molecule has 0 saturated carbocycles. The lowest BCUT2D eigenvalue weighted by Crippen LogP contribution is -2.51. The lowest BCUT2D eigenvalue weighted by Gasteiger charge is -2.39. The van der Waals surface area contributed by atoms with Crippen molar-refractivity contribution >= 4 is 62.4 Å². The first-order valence-electron chi connectivity index (χ1n) is 19.0. The first-order valence-corrected chi connectivity index (χ1v) is 26.7. The van der Waals surface area contributed by atoms with Crippen LogP contribution in [0.1, 0.15) is 52.0 Å². The van der Waals surface area contributed by atoms with Gasteiger partial charge in [-0.25, -0.2) is 14.8 Å². The second-order valence-electron chi connectivity index (χ2n) is 18.3. The highest BCUT2D eigenvalue weighted by atomic mass is 35.5. The van der Waals surface area contributed by atoms with E-state index in [9.17, 15) is 9.59 Å². The van der Waals surface area contributed by atoms with E-state index in [-0.39, 0.29) is 42.3 Å². The van der Waals surface area contributed by atoms with Gasteiger partial charge in [-0.2, -0.15) is 8.78 Å². The monoisotopic (exact) mass is 804 g/mol. The Bertz CT molecular complexity index is 1880. The number of benzene rings is 1. The molecule has 1 aromatic carbocycles. The lowest BCUT2D eigenvalue weighted by molar-refractivity contribution is -0.142. The Hall–Kier alpha value is -3.12. The number of carbonyl (C=O) groups is 2. The molecule has 2 saturated heterocycles. The molecule has 0 aliphatic carbocycles. The lowest BCUT2D eigenvalue weighted by atomic mass is 9.97. The van der Waals surface area contributed by atoms with Crippen LogP contribution in [0.4, 0.5) is 25.1 Å². The minimum Gasteiger partial charge on any atom is -0.444 e. The molecule has 3 aromatic rings. The Morgan fingerprint density at radius 1 is 0.981 bits per heavy atom. The number of piperidine rings is 1. The first-order chi connectivity index (χ1) is 25.1. The number of rotatable bonds is 13. The number of alkyl carbamates (subject to hydrolysis) is 1. The topological polar surface area (TPSA) is 111 Å². The molecule has 2 aromatic heterocycles. The molecule has 1 unspecified atom stereocenters. The smallest absolute Gasteiger partial charge is 0.407 e. The largest absolute Gasteiger partial charge is 0.444 e. The zero-order chi connectivity index (χ0) is 39.4. The molecule has 54 heavy (non-hydrogen) atoms. The van der Waals surface area contributed by atoms with Crippen LogP contribution in [-0.4, -0.2) is 86.4 Å². The molecule has 0 radical (unpaired) electrons. The third kappa shape index (κ3) is 8.80. The number of amides is 2. The minimum absolute atomic E-state index is 0.0138. The predicted molar refractivity (Wildman–Crippen MR) is 214 cm³/mol. The number of aromatic nitrogens is 3. The van der Waals surface area contributed by atoms with Gasteiger partial charge in [-0.3, -0.25) is 9.69 Å². The van der Waals surface area contributed by atoms with Crippen LogP contribution in [0.3, 0.4) is 0 Å². The number of nitrogens with zero attached hydrogens (tertiary/aromatic N) is 5. The van der Waals surface area contributed by atoms with Crippen LogP contribution < -0.4 is 15.1 Å². The molecule has 6 rings (SSSR count). The Labute approximate surface area is 324 Å². The summed E-state index contributed by atoms with van der Waals surface area (Å²) in [6, 6.07) is 5.29. The standard InChI is InChI=1S/C38H55ClF2N6O5Si2/c1-37(2,3)52-36(49)43-24-18-25-10-11-26(19-24)47(25)30-20-42-33-28(21-45(34(33)44-30)22-50-14-16-53(4,5)6)27-12-13-29-31(32(27)39)38(40,41)35(48)46(29)23-51-15-17-54(7,8)9/h12-13,20-21,24-26H,10-11,14-19,22-23H2,1-9H3,(H,43,49)/t24-,25+,26?/m0/s1. The van der Waals surface area contributed by atoms with E-state index in [0.29, 0.717) is 41.3 Å². The quantitative estimate of drug-likeness (QED) is 0.135. The molecule has 11 nitrogen and oxygen atoms in total. The van der Waals surface area contributed by atoms with Crippen LogP contribution in [0.2, 0.25) is 56.4 Å². The summed E-state index contributed by atoms with van der Waals surface area (Å²) in [6.45, 7) is 19.9. The van der Waals surface area contributed by atoms with Crippen molar-refractivity contribution in [1.82, 2.24) is 19.9 Å². The summed E-state index contributed by atoms with van der Waals surface area (Å²) in [4.78, 5) is 38.9. The van der Waals surface area contributed by atoms with Gasteiger partial charge in [0.05, 0.1) is 22.5 Å². The van der Waals surface area contributed by atoms with E-state index in [0.717, 1.165) is 42.7 Å². The van der Waals surface area contributed by atoms with Crippen LogP contribution in [0.25, 0.3) is 22.3 Å². The molecule has 5 heterocycles. The number of alkyl halides is 2. The van der Waals surface area contributed by atoms with Gasteiger partial charge in [0.25, 0.3) is 0 Å². The number of fused-ring (bicyclic) bond motifs is 4. The van der Waals surface area contributed by atoms with Crippen molar-refractivity contribution in [2.75, 3.05) is 29.7 Å². The highest BCUT2D eigenvalue weighted by Gasteiger charge is 2.55. The number of ether oxygens (including phenoxy) is 3. The summed E-state index contributed by atoms with van der Waals surface area (Å²) in [5.74, 6) is -4.47. The molecule has 3 aliphatic heterocycles. The Balaban J connectivity index is 1.31. The van der Waals surface area contributed by atoms with Gasteiger partial charge in [0.2, 0.25) is 0 Å². The van der Waals surface area contributed by atoms with Gasteiger partial charge in [-0.15, -0.1) is 0 Å². The van der Waals surface area contributed by atoms with E-state index in [2.05, 4.69) is 49.5 Å². The number of anilines is 2. The van der Waals surface area contributed by atoms with Crippen molar-refractivity contribution in [2.24, 2.45) is 0 Å². The second-order valence-corrected chi connectivity index (χ2v) is 30.0. The average molecular weight is 806 g/mol. The molecule has 1 N–H and O–H groups in total. The normalized spacial score (nSPS) is 21.3. The van der Waals surface area contributed by atoms with E-state index in [1.54, 1.807) is 18.5 Å². The molecule has 2 fully saturated rings. The first kappa shape index (κ1) is 40.5. The number of carbonyl (C=O) groups excluding carboxylic acids is 2. The highest BCUT2D eigenvalue weighted by Crippen LogP contribution is 2.51. The molecule has 0 spiro atoms.